The lowest BCUT2D eigenvalue weighted by Crippen LogP contribution is -2.16. The van der Waals surface area contributed by atoms with Gasteiger partial charge in [-0.3, -0.25) is 9.36 Å². The monoisotopic (exact) mass is 482 g/mol. The van der Waals surface area contributed by atoms with Crippen molar-refractivity contribution in [3.05, 3.63) is 46.1 Å². The zero-order valence-corrected chi connectivity index (χ0v) is 21.2. The van der Waals surface area contributed by atoms with Crippen LogP contribution in [0, 0.1) is 12.8 Å². The lowest BCUT2D eigenvalue weighted by molar-refractivity contribution is -0.145. The van der Waals surface area contributed by atoms with E-state index in [2.05, 4.69) is 0 Å². The van der Waals surface area contributed by atoms with Crippen LogP contribution in [0.4, 0.5) is 0 Å². The Bertz CT molecular complexity index is 943. The number of allylic oxidation sites excluding steroid dienone is 4. The average molecular weight is 483 g/mol. The number of aromatic hydroxyl groups is 1. The normalized spacial score (nSPS) is 15.0. The average Bonchev–Trinajstić information content (AvgIpc) is 3.32. The number of ether oxygens (including phenoxy) is 3. The Labute approximate surface area is 196 Å². The van der Waals surface area contributed by atoms with Gasteiger partial charge in [-0.1, -0.05) is 23.8 Å². The molecule has 2 rings (SSSR count). The van der Waals surface area contributed by atoms with Crippen molar-refractivity contribution in [2.45, 2.75) is 46.3 Å². The van der Waals surface area contributed by atoms with Gasteiger partial charge in [-0.05, 0) is 44.2 Å². The third-order valence-electron chi connectivity index (χ3n) is 5.93. The van der Waals surface area contributed by atoms with Gasteiger partial charge in [-0.25, -0.2) is 0 Å². The van der Waals surface area contributed by atoms with E-state index in [0.717, 1.165) is 22.3 Å². The highest BCUT2D eigenvalue weighted by Crippen LogP contribution is 2.46. The van der Waals surface area contributed by atoms with Crippen LogP contribution < -0.4 is 4.74 Å². The number of carbonyl (C=O) groups excluding carboxylic acids is 1. The largest absolute Gasteiger partial charge is 0.507 e. The quantitative estimate of drug-likeness (QED) is 0.257. The molecule has 0 saturated carbocycles. The molecule has 8 nitrogen and oxygen atoms in total. The molecule has 0 radical (unpaired) electrons. The molecule has 0 amide bonds. The summed E-state index contributed by atoms with van der Waals surface area (Å²) in [4.78, 5) is 12.3. The van der Waals surface area contributed by atoms with Crippen molar-refractivity contribution < 1.29 is 37.7 Å². The Kier molecular flexibility index (Phi) is 10.2. The number of methoxy groups -OCH3 is 2. The Morgan fingerprint density at radius 3 is 2.42 bits per heavy atom. The van der Waals surface area contributed by atoms with Gasteiger partial charge in [-0.15, -0.1) is 0 Å². The zero-order chi connectivity index (χ0) is 24.6. The van der Waals surface area contributed by atoms with Gasteiger partial charge in [0.1, 0.15) is 11.5 Å². The van der Waals surface area contributed by atoms with Crippen molar-refractivity contribution in [3.8, 4) is 11.5 Å². The molecule has 0 aromatic heterocycles. The Morgan fingerprint density at radius 1 is 1.15 bits per heavy atom. The molecule has 0 aliphatic carbocycles. The van der Waals surface area contributed by atoms with Gasteiger partial charge in [0.05, 0.1) is 39.5 Å². The summed E-state index contributed by atoms with van der Waals surface area (Å²) in [6, 6.07) is 0. The van der Waals surface area contributed by atoms with E-state index >= 15 is 0 Å². The molecular formula is C24H35O8P. The van der Waals surface area contributed by atoms with Crippen molar-refractivity contribution in [2.24, 2.45) is 5.92 Å². The minimum absolute atomic E-state index is 0.128. The van der Waals surface area contributed by atoms with Crippen LogP contribution in [0.3, 0.4) is 0 Å². The number of hydrogen-bond acceptors (Lipinski definition) is 8. The summed E-state index contributed by atoms with van der Waals surface area (Å²) in [5.41, 5.74) is 4.47. The summed E-state index contributed by atoms with van der Waals surface area (Å²) in [5, 5.41) is 10.8. The highest BCUT2D eigenvalue weighted by molar-refractivity contribution is 7.54. The van der Waals surface area contributed by atoms with Crippen molar-refractivity contribution in [1.29, 1.82) is 0 Å². The number of benzene rings is 1. The number of esters is 1. The molecule has 1 heterocycles. The SMILES string of the molecule is COC(=O)C(C/C=C/CP(=O)(OC)OC)C/C(C)=C/Cc1c(O)c2c(c(C)c1OC)COC2. The fourth-order valence-electron chi connectivity index (χ4n) is 3.96. The van der Waals surface area contributed by atoms with E-state index < -0.39 is 13.5 Å². The van der Waals surface area contributed by atoms with Gasteiger partial charge >= 0.3 is 13.6 Å². The molecule has 1 aromatic rings. The maximum atomic E-state index is 12.3. The predicted molar refractivity (Wildman–Crippen MR) is 126 cm³/mol. The number of phenols is 1. The van der Waals surface area contributed by atoms with Crippen LogP contribution in [0.5, 0.6) is 11.5 Å². The first-order valence-corrected chi connectivity index (χ1v) is 12.5. The smallest absolute Gasteiger partial charge is 0.333 e. The Morgan fingerprint density at radius 2 is 1.82 bits per heavy atom. The minimum atomic E-state index is -3.13. The van der Waals surface area contributed by atoms with Gasteiger partial charge in [0, 0.05) is 25.3 Å². The fourth-order valence-corrected chi connectivity index (χ4v) is 4.81. The Balaban J connectivity index is 2.13. The summed E-state index contributed by atoms with van der Waals surface area (Å²) < 4.78 is 38.0. The van der Waals surface area contributed by atoms with Crippen LogP contribution in [-0.4, -0.2) is 45.7 Å². The third-order valence-corrected chi connectivity index (χ3v) is 7.70. The van der Waals surface area contributed by atoms with Crippen molar-refractivity contribution in [3.63, 3.8) is 0 Å². The zero-order valence-electron chi connectivity index (χ0n) is 20.3. The molecule has 0 bridgehead atoms. The molecule has 0 fully saturated rings. The lowest BCUT2D eigenvalue weighted by Gasteiger charge is -2.17. The molecule has 9 heteroatoms. The number of rotatable bonds is 12. The summed E-state index contributed by atoms with van der Waals surface area (Å²) in [7, 11) is 2.51. The van der Waals surface area contributed by atoms with Crippen molar-refractivity contribution in [1.82, 2.24) is 0 Å². The Hall–Kier alpha value is -2.12. The molecule has 184 valence electrons. The van der Waals surface area contributed by atoms with Gasteiger partial charge < -0.3 is 28.4 Å². The van der Waals surface area contributed by atoms with Crippen molar-refractivity contribution >= 4 is 13.6 Å². The van der Waals surface area contributed by atoms with Gasteiger partial charge in [0.25, 0.3) is 0 Å². The van der Waals surface area contributed by atoms with Crippen LogP contribution in [0.15, 0.2) is 23.8 Å². The topological polar surface area (TPSA) is 101 Å². The summed E-state index contributed by atoms with van der Waals surface area (Å²) in [5.74, 6) is 0.161. The van der Waals surface area contributed by atoms with Gasteiger partial charge in [0.2, 0.25) is 0 Å². The van der Waals surface area contributed by atoms with Crippen molar-refractivity contribution in [2.75, 3.05) is 34.6 Å². The summed E-state index contributed by atoms with van der Waals surface area (Å²) in [6.45, 7) is 4.77. The maximum Gasteiger partial charge on any atom is 0.333 e. The highest BCUT2D eigenvalue weighted by Gasteiger charge is 2.26. The van der Waals surface area contributed by atoms with Crippen LogP contribution in [0.2, 0.25) is 0 Å². The third kappa shape index (κ3) is 6.70. The molecule has 1 atom stereocenters. The second kappa shape index (κ2) is 12.4. The number of fused-ring (bicyclic) bond motifs is 1. The van der Waals surface area contributed by atoms with Gasteiger partial charge in [0.15, 0.2) is 0 Å². The fraction of sp³-hybridized carbons (Fsp3) is 0.542. The lowest BCUT2D eigenvalue weighted by atomic mass is 9.93. The van der Waals surface area contributed by atoms with Gasteiger partial charge in [-0.2, -0.15) is 0 Å². The number of phenolic OH excluding ortho intramolecular Hbond substituents is 1. The molecule has 0 spiro atoms. The standard InChI is InChI=1S/C24H35O8P/c1-16(13-18(24(26)29-4)9-7-8-12-33(27,30-5)31-6)10-11-19-22(25)21-15-32-14-20(21)17(2)23(19)28-3/h7-8,10,18,25H,9,11-15H2,1-6H3/b8-7+,16-10+. The van der Waals surface area contributed by atoms with E-state index in [0.29, 0.717) is 43.8 Å². The molecule has 1 aromatic carbocycles. The predicted octanol–water partition coefficient (Wildman–Crippen LogP) is 4.84. The highest BCUT2D eigenvalue weighted by atomic mass is 31.2. The first-order valence-electron chi connectivity index (χ1n) is 10.8. The maximum absolute atomic E-state index is 12.3. The summed E-state index contributed by atoms with van der Waals surface area (Å²) >= 11 is 0. The van der Waals surface area contributed by atoms with E-state index in [1.807, 2.05) is 19.9 Å². The first kappa shape index (κ1) is 27.1. The molecule has 1 unspecified atom stereocenters. The van der Waals surface area contributed by atoms with Crippen LogP contribution >= 0.6 is 7.60 Å². The van der Waals surface area contributed by atoms with Crippen LogP contribution in [0.25, 0.3) is 0 Å². The molecule has 0 saturated heterocycles. The van der Waals surface area contributed by atoms with Crippen LogP contribution in [-0.2, 0) is 47.5 Å². The molecular weight excluding hydrogens is 447 g/mol. The molecule has 1 N–H and O–H groups in total. The van der Waals surface area contributed by atoms with E-state index in [1.165, 1.54) is 21.3 Å². The van der Waals surface area contributed by atoms with E-state index in [9.17, 15) is 14.5 Å². The van der Waals surface area contributed by atoms with E-state index in [4.69, 9.17) is 23.3 Å². The van der Waals surface area contributed by atoms with Crippen LogP contribution in [0.1, 0.15) is 42.0 Å². The minimum Gasteiger partial charge on any atom is -0.507 e. The van der Waals surface area contributed by atoms with E-state index in [-0.39, 0.29) is 17.9 Å². The summed E-state index contributed by atoms with van der Waals surface area (Å²) in [6.07, 6.45) is 6.98. The first-order chi connectivity index (χ1) is 15.7. The number of carbonyl (C=O) groups is 1. The molecule has 1 aliphatic heterocycles. The second-order valence-electron chi connectivity index (χ2n) is 7.98. The second-order valence-corrected chi connectivity index (χ2v) is 10.3. The molecule has 33 heavy (non-hydrogen) atoms. The van der Waals surface area contributed by atoms with E-state index in [1.54, 1.807) is 19.3 Å². The molecule has 1 aliphatic rings. The number of hydrogen-bond donors (Lipinski definition) is 1.